The van der Waals surface area contributed by atoms with Crippen molar-refractivity contribution in [1.82, 2.24) is 20.8 Å². The van der Waals surface area contributed by atoms with E-state index in [4.69, 9.17) is 23.2 Å². The molecule has 0 fully saturated rings. The molecular weight excluding hydrogens is 543 g/mol. The summed E-state index contributed by atoms with van der Waals surface area (Å²) < 4.78 is 0. The highest BCUT2D eigenvalue weighted by Gasteiger charge is 2.23. The van der Waals surface area contributed by atoms with Crippen molar-refractivity contribution < 1.29 is 9.59 Å². The number of nitrogens with zero attached hydrogens (tertiary/aromatic N) is 2. The number of hydrogen-bond acceptors (Lipinski definition) is 4. The van der Waals surface area contributed by atoms with Crippen LogP contribution in [-0.2, 0) is 0 Å². The number of rotatable bonds is 4. The summed E-state index contributed by atoms with van der Waals surface area (Å²) in [4.78, 5) is 35.9. The van der Waals surface area contributed by atoms with Crippen LogP contribution in [0, 0.1) is 0 Å². The van der Waals surface area contributed by atoms with Crippen molar-refractivity contribution in [3.63, 3.8) is 0 Å². The van der Waals surface area contributed by atoms with Gasteiger partial charge >= 0.3 is 0 Å². The molecule has 6 aromatic rings. The van der Waals surface area contributed by atoms with Crippen LogP contribution < -0.4 is 10.9 Å². The third kappa shape index (κ3) is 4.64. The molecule has 6 nitrogen and oxygen atoms in total. The van der Waals surface area contributed by atoms with Gasteiger partial charge in [0, 0.05) is 21.9 Å². The number of hydrogen-bond donors (Lipinski definition) is 2. The molecule has 0 spiro atoms. The van der Waals surface area contributed by atoms with Gasteiger partial charge in [0.1, 0.15) is 21.7 Å². The van der Waals surface area contributed by atoms with E-state index in [0.29, 0.717) is 21.9 Å². The van der Waals surface area contributed by atoms with Crippen molar-refractivity contribution >= 4 is 56.6 Å². The first kappa shape index (κ1) is 25.5. The molecule has 0 bridgehead atoms. The number of pyridine rings is 2. The largest absolute Gasteiger partial charge is 0.289 e. The Morgan fingerprint density at radius 3 is 1.18 bits per heavy atom. The highest BCUT2D eigenvalue weighted by molar-refractivity contribution is 6.36. The number of carbonyl (C=O) groups excluding carboxylic acids is 2. The predicted molar refractivity (Wildman–Crippen MR) is 159 cm³/mol. The van der Waals surface area contributed by atoms with Crippen LogP contribution in [0.15, 0.2) is 109 Å². The van der Waals surface area contributed by atoms with Gasteiger partial charge in [-0.2, -0.15) is 0 Å². The Bertz CT molecular complexity index is 1770. The number of aromatic nitrogens is 2. The summed E-state index contributed by atoms with van der Waals surface area (Å²) in [7, 11) is 0. The lowest BCUT2D eigenvalue weighted by Gasteiger charge is -2.16. The number of halogens is 2. The SMILES string of the molecule is O=C(NNC(=O)c1nc(Cl)c2ccccc2c1-c1ccccc1)c1nc(Cl)c2ccccc2c1-c1ccccc1. The normalized spacial score (nSPS) is 10.9. The fourth-order valence-electron chi connectivity index (χ4n) is 4.80. The number of nitrogens with one attached hydrogen (secondary N) is 2. The third-order valence-corrected chi connectivity index (χ3v) is 7.15. The van der Waals surface area contributed by atoms with E-state index >= 15 is 0 Å². The van der Waals surface area contributed by atoms with E-state index in [9.17, 15) is 9.59 Å². The summed E-state index contributed by atoms with van der Waals surface area (Å²) in [6, 6.07) is 33.8. The minimum Gasteiger partial charge on any atom is -0.266 e. The summed E-state index contributed by atoms with van der Waals surface area (Å²) in [6.07, 6.45) is 0. The Morgan fingerprint density at radius 2 is 0.800 bits per heavy atom. The number of amides is 2. The van der Waals surface area contributed by atoms with Crippen LogP contribution in [0.1, 0.15) is 21.0 Å². The maximum atomic E-state index is 13.5. The Labute approximate surface area is 239 Å². The van der Waals surface area contributed by atoms with Crippen LogP contribution in [0.4, 0.5) is 0 Å². The van der Waals surface area contributed by atoms with Crippen LogP contribution in [0.25, 0.3) is 43.8 Å². The highest BCUT2D eigenvalue weighted by Crippen LogP contribution is 2.36. The summed E-state index contributed by atoms with van der Waals surface area (Å²) in [5.41, 5.74) is 7.92. The van der Waals surface area contributed by atoms with Gasteiger partial charge in [-0.25, -0.2) is 9.97 Å². The molecule has 0 unspecified atom stereocenters. The van der Waals surface area contributed by atoms with E-state index in [1.807, 2.05) is 109 Å². The van der Waals surface area contributed by atoms with E-state index in [-0.39, 0.29) is 21.7 Å². The molecule has 2 amide bonds. The minimum absolute atomic E-state index is 0.0722. The van der Waals surface area contributed by atoms with E-state index in [2.05, 4.69) is 20.8 Å². The Balaban J connectivity index is 1.39. The molecule has 2 N–H and O–H groups in total. The number of hydrazine groups is 1. The van der Waals surface area contributed by atoms with Gasteiger partial charge in [-0.15, -0.1) is 0 Å². The summed E-state index contributed by atoms with van der Waals surface area (Å²) in [6.45, 7) is 0. The molecule has 0 atom stereocenters. The van der Waals surface area contributed by atoms with Gasteiger partial charge < -0.3 is 0 Å². The van der Waals surface area contributed by atoms with Crippen LogP contribution in [-0.4, -0.2) is 21.8 Å². The topological polar surface area (TPSA) is 84.0 Å². The molecule has 40 heavy (non-hydrogen) atoms. The third-order valence-electron chi connectivity index (χ3n) is 6.58. The standard InChI is InChI=1S/C32H20Cl2N4O2/c33-29-23-17-9-7-15-21(23)25(19-11-3-1-4-12-19)27(35-29)31(39)37-38-32(40)28-26(20-13-5-2-6-14-20)22-16-8-10-18-24(22)30(34)36-28/h1-18H,(H,37,39)(H,38,40). The van der Waals surface area contributed by atoms with Crippen LogP contribution >= 0.6 is 23.2 Å². The first-order valence-electron chi connectivity index (χ1n) is 12.4. The van der Waals surface area contributed by atoms with Crippen molar-refractivity contribution in [2.45, 2.75) is 0 Å². The van der Waals surface area contributed by atoms with Crippen molar-refractivity contribution in [3.05, 3.63) is 131 Å². The van der Waals surface area contributed by atoms with Crippen LogP contribution in [0.5, 0.6) is 0 Å². The van der Waals surface area contributed by atoms with Gasteiger partial charge in [0.15, 0.2) is 0 Å². The van der Waals surface area contributed by atoms with E-state index < -0.39 is 11.8 Å². The van der Waals surface area contributed by atoms with E-state index in [0.717, 1.165) is 21.9 Å². The molecule has 0 aliphatic carbocycles. The fourth-order valence-corrected chi connectivity index (χ4v) is 5.30. The minimum atomic E-state index is -0.631. The highest BCUT2D eigenvalue weighted by atomic mass is 35.5. The van der Waals surface area contributed by atoms with Gasteiger partial charge in [-0.05, 0) is 21.9 Å². The predicted octanol–water partition coefficient (Wildman–Crippen LogP) is 7.50. The lowest BCUT2D eigenvalue weighted by Crippen LogP contribution is -2.42. The average Bonchev–Trinajstić information content (AvgIpc) is 3.00. The van der Waals surface area contributed by atoms with Crippen LogP contribution in [0.3, 0.4) is 0 Å². The molecule has 0 aliphatic heterocycles. The summed E-state index contributed by atoms with van der Waals surface area (Å²) in [5, 5.41) is 3.32. The molecular formula is C32H20Cl2N4O2. The summed E-state index contributed by atoms with van der Waals surface area (Å²) >= 11 is 13.0. The van der Waals surface area contributed by atoms with Crippen LogP contribution in [0.2, 0.25) is 10.3 Å². The van der Waals surface area contributed by atoms with E-state index in [1.54, 1.807) is 0 Å². The average molecular weight is 563 g/mol. The second-order valence-electron chi connectivity index (χ2n) is 8.98. The van der Waals surface area contributed by atoms with Crippen molar-refractivity contribution in [2.24, 2.45) is 0 Å². The second-order valence-corrected chi connectivity index (χ2v) is 9.70. The van der Waals surface area contributed by atoms with Gasteiger partial charge in [-0.3, -0.25) is 20.4 Å². The maximum Gasteiger partial charge on any atom is 0.289 e. The van der Waals surface area contributed by atoms with Crippen molar-refractivity contribution in [2.75, 3.05) is 0 Å². The molecule has 0 aliphatic rings. The second kappa shape index (κ2) is 10.8. The zero-order valence-electron chi connectivity index (χ0n) is 20.9. The molecule has 0 saturated carbocycles. The molecule has 8 heteroatoms. The molecule has 6 rings (SSSR count). The smallest absolute Gasteiger partial charge is 0.266 e. The lowest BCUT2D eigenvalue weighted by molar-refractivity contribution is 0.0842. The molecule has 0 radical (unpaired) electrons. The van der Waals surface area contributed by atoms with Gasteiger partial charge in [0.05, 0.1) is 0 Å². The number of carbonyl (C=O) groups is 2. The monoisotopic (exact) mass is 562 g/mol. The quantitative estimate of drug-likeness (QED) is 0.172. The lowest BCUT2D eigenvalue weighted by atomic mass is 9.97. The van der Waals surface area contributed by atoms with Gasteiger partial charge in [0.25, 0.3) is 11.8 Å². The zero-order chi connectivity index (χ0) is 27.6. The Hall–Kier alpha value is -4.78. The Morgan fingerprint density at radius 1 is 0.475 bits per heavy atom. The zero-order valence-corrected chi connectivity index (χ0v) is 22.4. The molecule has 0 saturated heterocycles. The molecule has 2 aromatic heterocycles. The molecule has 4 aromatic carbocycles. The number of benzene rings is 4. The van der Waals surface area contributed by atoms with Crippen molar-refractivity contribution in [1.29, 1.82) is 0 Å². The maximum absolute atomic E-state index is 13.5. The summed E-state index contributed by atoms with van der Waals surface area (Å²) in [5.74, 6) is -1.26. The van der Waals surface area contributed by atoms with Gasteiger partial charge in [0.2, 0.25) is 0 Å². The van der Waals surface area contributed by atoms with E-state index in [1.165, 1.54) is 0 Å². The molecule has 194 valence electrons. The molecule has 2 heterocycles. The number of fused-ring (bicyclic) bond motifs is 2. The first-order valence-corrected chi connectivity index (χ1v) is 13.2. The Kier molecular flexibility index (Phi) is 6.86. The first-order chi connectivity index (χ1) is 19.5. The van der Waals surface area contributed by atoms with Gasteiger partial charge in [-0.1, -0.05) is 132 Å². The fraction of sp³-hybridized carbons (Fsp3) is 0. The van der Waals surface area contributed by atoms with Crippen molar-refractivity contribution in [3.8, 4) is 22.3 Å².